The number of rotatable bonds is 15. The van der Waals surface area contributed by atoms with Crippen LogP contribution in [0.4, 0.5) is 17.1 Å². The highest BCUT2D eigenvalue weighted by Gasteiger charge is 2.60. The van der Waals surface area contributed by atoms with E-state index in [9.17, 15) is 19.7 Å². The Balaban J connectivity index is 0.770. The molecule has 3 heterocycles. The maximum Gasteiger partial charge on any atom is 0.372 e. The number of carbonyl (C=O) groups is 2. The number of nitro groups is 1. The van der Waals surface area contributed by atoms with Crippen LogP contribution in [0.25, 0.3) is 11.0 Å². The number of hydrogen-bond acceptors (Lipinski definition) is 12. The monoisotopic (exact) mass is 825 g/mol. The highest BCUT2D eigenvalue weighted by atomic mass is 16.6. The molecule has 0 saturated heterocycles. The lowest BCUT2D eigenvalue weighted by atomic mass is 9.44. The molecule has 4 saturated carbocycles. The van der Waals surface area contributed by atoms with E-state index in [0.717, 1.165) is 49.1 Å². The second-order valence-corrected chi connectivity index (χ2v) is 18.9. The van der Waals surface area contributed by atoms with E-state index < -0.39 is 4.92 Å². The molecule has 8 rings (SSSR count). The molecule has 2 N–H and O–H groups in total. The molecule has 0 bridgehead atoms. The molecule has 0 unspecified atom stereocenters. The molecule has 4 aliphatic carbocycles. The number of fused-ring (bicyclic) bond motifs is 6. The van der Waals surface area contributed by atoms with E-state index in [2.05, 4.69) is 52.0 Å². The van der Waals surface area contributed by atoms with Crippen LogP contribution in [0.3, 0.4) is 0 Å². The minimum absolute atomic E-state index is 0.0162. The molecule has 0 radical (unpaired) electrons. The molecule has 4 aliphatic rings. The van der Waals surface area contributed by atoms with Gasteiger partial charge in [0.15, 0.2) is 17.9 Å². The summed E-state index contributed by atoms with van der Waals surface area (Å²) in [5, 5.41) is 33.4. The number of pyridine rings is 1. The van der Waals surface area contributed by atoms with Gasteiger partial charge in [-0.05, 0) is 127 Å². The summed E-state index contributed by atoms with van der Waals surface area (Å²) in [6, 6.07) is 6.99. The van der Waals surface area contributed by atoms with Crippen LogP contribution in [0, 0.1) is 56.5 Å². The maximum atomic E-state index is 13.1. The van der Waals surface area contributed by atoms with Crippen LogP contribution >= 0.6 is 0 Å². The fourth-order valence-corrected chi connectivity index (χ4v) is 12.3. The molecule has 1 amide bonds. The number of nitro benzene ring substituents is 1. The molecule has 0 aliphatic heterocycles. The van der Waals surface area contributed by atoms with Crippen molar-refractivity contribution in [2.45, 2.75) is 117 Å². The largest absolute Gasteiger partial charge is 0.458 e. The van der Waals surface area contributed by atoms with Gasteiger partial charge in [-0.25, -0.2) is 9.42 Å². The van der Waals surface area contributed by atoms with Crippen molar-refractivity contribution in [3.8, 4) is 0 Å². The van der Waals surface area contributed by atoms with E-state index in [4.69, 9.17) is 9.37 Å². The van der Waals surface area contributed by atoms with Crippen LogP contribution in [0.5, 0.6) is 0 Å². The fraction of sp³-hybridized carbons (Fsp3) is 0.659. The first-order valence-electron chi connectivity index (χ1n) is 22.0. The first-order valence-corrected chi connectivity index (χ1v) is 22.0. The first-order chi connectivity index (χ1) is 28.8. The number of esters is 1. The van der Waals surface area contributed by atoms with Gasteiger partial charge >= 0.3 is 11.7 Å². The fourth-order valence-electron chi connectivity index (χ4n) is 12.3. The van der Waals surface area contributed by atoms with Gasteiger partial charge in [0.2, 0.25) is 18.0 Å². The molecule has 16 heteroatoms. The van der Waals surface area contributed by atoms with Crippen LogP contribution in [0.15, 0.2) is 47.5 Å². The van der Waals surface area contributed by atoms with Gasteiger partial charge in [0.05, 0.1) is 29.9 Å². The van der Waals surface area contributed by atoms with E-state index in [-0.39, 0.29) is 35.7 Å². The number of aromatic nitrogens is 6. The number of benzene rings is 1. The van der Waals surface area contributed by atoms with Gasteiger partial charge in [-0.3, -0.25) is 19.6 Å². The number of nitrogens with zero attached hydrogens (tertiary/aromatic N) is 8. The zero-order valence-corrected chi connectivity index (χ0v) is 35.7. The summed E-state index contributed by atoms with van der Waals surface area (Å²) in [7, 11) is 4.02. The van der Waals surface area contributed by atoms with E-state index in [0.29, 0.717) is 71.5 Å². The Morgan fingerprint density at radius 3 is 2.58 bits per heavy atom. The van der Waals surface area contributed by atoms with Gasteiger partial charge in [-0.15, -0.1) is 5.10 Å². The first kappa shape index (κ1) is 41.6. The molecule has 9 atom stereocenters. The SMILES string of the molecule is C[C@H](CCC(=O)NCc1cn(CCNc2ccc([N+](=O)[O-])c3nonc23)nn1)[C@H]1CC[C@H]2[C@@H]3CC[C@@H]4C[C@H](OC(=O)C[n+]5ccc(N(C)C)cc5)CC[C@]4(C)[C@H]3CC[C@]12C. The molecule has 1 aromatic carbocycles. The van der Waals surface area contributed by atoms with Crippen LogP contribution in [-0.4, -0.2) is 68.9 Å². The highest BCUT2D eigenvalue weighted by Crippen LogP contribution is 2.68. The normalized spacial score (nSPS) is 28.9. The number of ether oxygens (including phenoxy) is 1. The number of non-ortho nitro benzene ring substituents is 1. The summed E-state index contributed by atoms with van der Waals surface area (Å²) in [4.78, 5) is 38.9. The molecule has 0 spiro atoms. The van der Waals surface area contributed by atoms with Crippen molar-refractivity contribution in [1.82, 2.24) is 30.6 Å². The lowest BCUT2D eigenvalue weighted by Gasteiger charge is -2.61. The third-order valence-corrected chi connectivity index (χ3v) is 15.5. The highest BCUT2D eigenvalue weighted by molar-refractivity contribution is 5.93. The second-order valence-electron chi connectivity index (χ2n) is 18.9. The van der Waals surface area contributed by atoms with E-state index in [1.54, 1.807) is 10.7 Å². The number of carbonyl (C=O) groups excluding carboxylic acids is 2. The zero-order valence-electron chi connectivity index (χ0n) is 35.7. The third kappa shape index (κ3) is 8.30. The van der Waals surface area contributed by atoms with Gasteiger partial charge in [-0.2, -0.15) is 4.57 Å². The molecule has 322 valence electrons. The lowest BCUT2D eigenvalue weighted by Crippen LogP contribution is -2.54. The van der Waals surface area contributed by atoms with E-state index >= 15 is 0 Å². The van der Waals surface area contributed by atoms with Crippen molar-refractivity contribution < 1.29 is 28.4 Å². The Labute approximate surface area is 351 Å². The predicted octanol–water partition coefficient (Wildman–Crippen LogP) is 6.49. The second kappa shape index (κ2) is 17.1. The average molecular weight is 826 g/mol. The van der Waals surface area contributed by atoms with Gasteiger partial charge in [0.25, 0.3) is 0 Å². The summed E-state index contributed by atoms with van der Waals surface area (Å²) in [6.07, 6.45) is 17.8. The molecule has 3 aromatic heterocycles. The molecule has 4 fully saturated rings. The summed E-state index contributed by atoms with van der Waals surface area (Å²) < 4.78 is 14.4. The van der Waals surface area contributed by atoms with Gasteiger partial charge in [0.1, 0.15) is 11.8 Å². The topological polar surface area (TPSA) is 187 Å². The van der Waals surface area contributed by atoms with E-state index in [1.165, 1.54) is 44.6 Å². The van der Waals surface area contributed by atoms with Crippen LogP contribution in [0.2, 0.25) is 0 Å². The molecular formula is C44H61N10O6+. The minimum atomic E-state index is -0.518. The Kier molecular flexibility index (Phi) is 11.8. The average Bonchev–Trinajstić information content (AvgIpc) is 3.98. The standard InChI is InChI=1S/C44H60N10O6/c1-28(6-13-39(55)46-25-30-26-53(50-47-30)23-20-45-37-11-12-38(54(57)58)42-41(37)48-60-49-42)34-9-10-35-33-8-7-29-24-32(14-18-43(29,2)36(33)15-19-44(34,35)3)59-40(56)27-52-21-16-31(17-22-52)51(4)5/h11-12,16-17,21-22,26,28-29,32-36H,6-10,13-15,18-20,23-25,27H2,1-5H3,(H-,45,46,49,55)/p+1/t28-,29-,32-,33+,34-,35+,36+,43+,44-/m1/s1. The maximum absolute atomic E-state index is 13.1. The van der Waals surface area contributed by atoms with E-state index in [1.807, 2.05) is 54.3 Å². The van der Waals surface area contributed by atoms with Crippen molar-refractivity contribution >= 4 is 40.0 Å². The Bertz CT molecular complexity index is 2170. The lowest BCUT2D eigenvalue weighted by molar-refractivity contribution is -0.686. The van der Waals surface area contributed by atoms with Crippen molar-refractivity contribution in [1.29, 1.82) is 0 Å². The molecule has 4 aromatic rings. The van der Waals surface area contributed by atoms with Crippen LogP contribution in [0.1, 0.15) is 97.1 Å². The predicted molar refractivity (Wildman–Crippen MR) is 223 cm³/mol. The Morgan fingerprint density at radius 2 is 1.80 bits per heavy atom. The summed E-state index contributed by atoms with van der Waals surface area (Å²) in [5.74, 6) is 3.86. The number of amides is 1. The van der Waals surface area contributed by atoms with Crippen LogP contribution < -0.4 is 20.1 Å². The summed E-state index contributed by atoms with van der Waals surface area (Å²) in [6.45, 7) is 9.02. The van der Waals surface area contributed by atoms with Gasteiger partial charge in [-0.1, -0.05) is 26.0 Å². The van der Waals surface area contributed by atoms with Crippen LogP contribution in [-0.2, 0) is 34.0 Å². The zero-order chi connectivity index (χ0) is 42.2. The third-order valence-electron chi connectivity index (χ3n) is 15.5. The molecule has 60 heavy (non-hydrogen) atoms. The summed E-state index contributed by atoms with van der Waals surface area (Å²) >= 11 is 0. The summed E-state index contributed by atoms with van der Waals surface area (Å²) in [5.41, 5.74) is 3.20. The van der Waals surface area contributed by atoms with Crippen molar-refractivity contribution in [2.24, 2.45) is 46.3 Å². The number of hydrogen-bond donors (Lipinski definition) is 2. The van der Waals surface area contributed by atoms with Crippen molar-refractivity contribution in [2.75, 3.05) is 30.9 Å². The number of nitrogens with one attached hydrogen (secondary N) is 2. The van der Waals surface area contributed by atoms with Gasteiger partial charge in [0, 0.05) is 50.9 Å². The molecule has 16 nitrogen and oxygen atoms in total. The quantitative estimate of drug-likeness (QED) is 0.0575. The van der Waals surface area contributed by atoms with Crippen molar-refractivity contribution in [3.63, 3.8) is 0 Å². The van der Waals surface area contributed by atoms with Crippen molar-refractivity contribution in [3.05, 3.63) is 58.7 Å². The van der Waals surface area contributed by atoms with Gasteiger partial charge < -0.3 is 20.3 Å². The minimum Gasteiger partial charge on any atom is -0.458 e. The Hall–Kier alpha value is -5.15. The smallest absolute Gasteiger partial charge is 0.372 e. The number of anilines is 2. The molecular weight excluding hydrogens is 765 g/mol. The Morgan fingerprint density at radius 1 is 1.03 bits per heavy atom.